The molecule has 0 bridgehead atoms. The summed E-state index contributed by atoms with van der Waals surface area (Å²) in [5.74, 6) is 0.495. The summed E-state index contributed by atoms with van der Waals surface area (Å²) in [6.45, 7) is 2.93. The fraction of sp³-hybridized carbons (Fsp3) is 0.500. The van der Waals surface area contributed by atoms with Crippen molar-refractivity contribution in [3.8, 4) is 5.75 Å². The normalized spacial score (nSPS) is 17.1. The summed E-state index contributed by atoms with van der Waals surface area (Å²) < 4.78 is 31.5. The molecule has 0 N–H and O–H groups in total. The number of sulfonamides is 1. The van der Waals surface area contributed by atoms with Gasteiger partial charge in [-0.3, -0.25) is 0 Å². The highest BCUT2D eigenvalue weighted by molar-refractivity contribution is 7.89. The Morgan fingerprint density at radius 2 is 1.89 bits per heavy atom. The number of hydrogen-bond acceptors (Lipinski definition) is 3. The first kappa shape index (κ1) is 13.6. The van der Waals surface area contributed by atoms with E-state index in [1.165, 1.54) is 17.5 Å². The third kappa shape index (κ3) is 2.35. The van der Waals surface area contributed by atoms with Crippen LogP contribution < -0.4 is 4.74 Å². The second kappa shape index (κ2) is 5.07. The van der Waals surface area contributed by atoms with Crippen LogP contribution in [0.25, 0.3) is 0 Å². The van der Waals surface area contributed by atoms with E-state index in [2.05, 4.69) is 0 Å². The van der Waals surface area contributed by atoms with Gasteiger partial charge in [0.15, 0.2) is 0 Å². The minimum absolute atomic E-state index is 0.273. The summed E-state index contributed by atoms with van der Waals surface area (Å²) in [6, 6.07) is 3.13. The van der Waals surface area contributed by atoms with Crippen molar-refractivity contribution in [2.45, 2.75) is 24.7 Å². The largest absolute Gasteiger partial charge is 0.495 e. The lowest BCUT2D eigenvalue weighted by Crippen LogP contribution is -2.28. The van der Waals surface area contributed by atoms with Crippen molar-refractivity contribution in [3.05, 3.63) is 22.7 Å². The second-order valence-corrected chi connectivity index (χ2v) is 6.68. The molecule has 0 saturated carbocycles. The van der Waals surface area contributed by atoms with Crippen molar-refractivity contribution in [2.75, 3.05) is 20.2 Å². The molecule has 1 fully saturated rings. The van der Waals surface area contributed by atoms with Crippen molar-refractivity contribution in [1.29, 1.82) is 0 Å². The smallest absolute Gasteiger partial charge is 0.243 e. The number of ether oxygens (including phenoxy) is 1. The van der Waals surface area contributed by atoms with Crippen molar-refractivity contribution in [2.24, 2.45) is 0 Å². The van der Waals surface area contributed by atoms with E-state index in [1.54, 1.807) is 13.0 Å². The van der Waals surface area contributed by atoms with Gasteiger partial charge in [0.2, 0.25) is 10.0 Å². The zero-order valence-corrected chi connectivity index (χ0v) is 12.0. The average Bonchev–Trinajstić information content (AvgIpc) is 2.85. The molecule has 0 aliphatic carbocycles. The lowest BCUT2D eigenvalue weighted by atomic mass is 10.2. The zero-order chi connectivity index (χ0) is 13.3. The van der Waals surface area contributed by atoms with Gasteiger partial charge < -0.3 is 4.74 Å². The quantitative estimate of drug-likeness (QED) is 0.859. The first-order valence-electron chi connectivity index (χ1n) is 5.81. The fourth-order valence-corrected chi connectivity index (χ4v) is 4.19. The Kier molecular flexibility index (Phi) is 3.84. The summed E-state index contributed by atoms with van der Waals surface area (Å²) in [7, 11) is -1.91. The topological polar surface area (TPSA) is 46.6 Å². The highest BCUT2D eigenvalue weighted by Crippen LogP contribution is 2.32. The van der Waals surface area contributed by atoms with Crippen molar-refractivity contribution in [3.63, 3.8) is 0 Å². The molecule has 1 aromatic rings. The molecule has 0 unspecified atom stereocenters. The summed E-state index contributed by atoms with van der Waals surface area (Å²) in [5.41, 5.74) is 0.656. The van der Waals surface area contributed by atoms with Gasteiger partial charge in [-0.25, -0.2) is 8.42 Å². The van der Waals surface area contributed by atoms with Gasteiger partial charge in [-0.1, -0.05) is 11.6 Å². The highest BCUT2D eigenvalue weighted by atomic mass is 35.5. The van der Waals surface area contributed by atoms with Gasteiger partial charge in [-0.15, -0.1) is 0 Å². The fourth-order valence-electron chi connectivity index (χ4n) is 2.14. The van der Waals surface area contributed by atoms with E-state index in [4.69, 9.17) is 16.3 Å². The Bertz CT molecular complexity index is 551. The Hall–Kier alpha value is -0.780. The second-order valence-electron chi connectivity index (χ2n) is 4.36. The molecule has 0 radical (unpaired) electrons. The SMILES string of the molecule is COc1cc(C)c(S(=O)(=O)N2CCCC2)cc1Cl. The predicted octanol–water partition coefficient (Wildman–Crippen LogP) is 2.44. The van der Waals surface area contributed by atoms with Gasteiger partial charge >= 0.3 is 0 Å². The van der Waals surface area contributed by atoms with Gasteiger partial charge in [0.25, 0.3) is 0 Å². The summed E-state index contributed by atoms with van der Waals surface area (Å²) in [4.78, 5) is 0.273. The maximum Gasteiger partial charge on any atom is 0.243 e. The maximum absolute atomic E-state index is 12.4. The molecule has 0 aromatic heterocycles. The molecule has 100 valence electrons. The number of rotatable bonds is 3. The van der Waals surface area contributed by atoms with Crippen LogP contribution in [0, 0.1) is 6.92 Å². The Labute approximate surface area is 113 Å². The summed E-state index contributed by atoms with van der Waals surface area (Å²) in [6.07, 6.45) is 1.84. The van der Waals surface area contributed by atoms with Crippen molar-refractivity contribution >= 4 is 21.6 Å². The first-order valence-corrected chi connectivity index (χ1v) is 7.63. The highest BCUT2D eigenvalue weighted by Gasteiger charge is 2.29. The number of halogens is 1. The average molecular weight is 290 g/mol. The molecular weight excluding hydrogens is 274 g/mol. The minimum atomic E-state index is -3.42. The van der Waals surface area contributed by atoms with Crippen LogP contribution in [0.15, 0.2) is 17.0 Å². The van der Waals surface area contributed by atoms with Crippen LogP contribution >= 0.6 is 11.6 Å². The maximum atomic E-state index is 12.4. The van der Waals surface area contributed by atoms with E-state index in [9.17, 15) is 8.42 Å². The molecule has 18 heavy (non-hydrogen) atoms. The van der Waals surface area contributed by atoms with E-state index in [0.717, 1.165) is 12.8 Å². The molecule has 1 heterocycles. The van der Waals surface area contributed by atoms with Crippen LogP contribution in [0.1, 0.15) is 18.4 Å². The minimum Gasteiger partial charge on any atom is -0.495 e. The van der Waals surface area contributed by atoms with Gasteiger partial charge in [0.1, 0.15) is 5.75 Å². The molecular formula is C12H16ClNO3S. The molecule has 1 aliphatic heterocycles. The molecule has 6 heteroatoms. The number of aryl methyl sites for hydroxylation is 1. The Morgan fingerprint density at radius 3 is 2.44 bits per heavy atom. The van der Waals surface area contributed by atoms with Crippen LogP contribution in [-0.2, 0) is 10.0 Å². The first-order chi connectivity index (χ1) is 8.46. The zero-order valence-electron chi connectivity index (χ0n) is 10.4. The third-order valence-electron chi connectivity index (χ3n) is 3.13. The third-order valence-corrected chi connectivity index (χ3v) is 5.47. The molecule has 0 spiro atoms. The molecule has 1 aliphatic rings. The monoisotopic (exact) mass is 289 g/mol. The number of hydrogen-bond donors (Lipinski definition) is 0. The van der Waals surface area contributed by atoms with Crippen molar-refractivity contribution < 1.29 is 13.2 Å². The van der Waals surface area contributed by atoms with E-state index < -0.39 is 10.0 Å². The van der Waals surface area contributed by atoms with E-state index in [-0.39, 0.29) is 4.90 Å². The summed E-state index contributed by atoms with van der Waals surface area (Å²) in [5, 5.41) is 0.320. The van der Waals surface area contributed by atoms with E-state index in [0.29, 0.717) is 29.4 Å². The van der Waals surface area contributed by atoms with Gasteiger partial charge in [0, 0.05) is 13.1 Å². The molecule has 1 aromatic carbocycles. The number of benzene rings is 1. The summed E-state index contributed by atoms with van der Waals surface area (Å²) >= 11 is 6.01. The number of methoxy groups -OCH3 is 1. The van der Waals surface area contributed by atoms with Crippen LogP contribution in [0.4, 0.5) is 0 Å². The molecule has 2 rings (SSSR count). The van der Waals surface area contributed by atoms with Crippen LogP contribution in [-0.4, -0.2) is 32.9 Å². The molecule has 1 saturated heterocycles. The predicted molar refractivity (Wildman–Crippen MR) is 70.7 cm³/mol. The van der Waals surface area contributed by atoms with E-state index in [1.807, 2.05) is 0 Å². The Balaban J connectivity index is 2.47. The number of nitrogens with zero attached hydrogens (tertiary/aromatic N) is 1. The molecule has 4 nitrogen and oxygen atoms in total. The van der Waals surface area contributed by atoms with Crippen LogP contribution in [0.3, 0.4) is 0 Å². The molecule has 0 atom stereocenters. The van der Waals surface area contributed by atoms with Crippen LogP contribution in [0.2, 0.25) is 5.02 Å². The lowest BCUT2D eigenvalue weighted by Gasteiger charge is -2.18. The van der Waals surface area contributed by atoms with Gasteiger partial charge in [-0.2, -0.15) is 4.31 Å². The van der Waals surface area contributed by atoms with Crippen LogP contribution in [0.5, 0.6) is 5.75 Å². The Morgan fingerprint density at radius 1 is 1.28 bits per heavy atom. The molecule has 0 amide bonds. The van der Waals surface area contributed by atoms with Gasteiger partial charge in [-0.05, 0) is 37.5 Å². The van der Waals surface area contributed by atoms with E-state index >= 15 is 0 Å². The standard InChI is InChI=1S/C12H16ClNO3S/c1-9-7-11(17-2)10(13)8-12(9)18(15,16)14-5-3-4-6-14/h7-8H,3-6H2,1-2H3. The lowest BCUT2D eigenvalue weighted by molar-refractivity contribution is 0.414. The van der Waals surface area contributed by atoms with Crippen molar-refractivity contribution in [1.82, 2.24) is 4.31 Å². The van der Waals surface area contributed by atoms with Gasteiger partial charge in [0.05, 0.1) is 17.0 Å².